The highest BCUT2D eigenvalue weighted by Gasteiger charge is 2.36. The normalized spacial score (nSPS) is 14.4. The van der Waals surface area contributed by atoms with E-state index in [0.717, 1.165) is 134 Å². The first-order chi connectivity index (χ1) is 31.2. The van der Waals surface area contributed by atoms with E-state index in [1.54, 1.807) is 0 Å². The minimum absolute atomic E-state index is 0.311. The average molecular weight is 828 g/mol. The van der Waals surface area contributed by atoms with Gasteiger partial charge in [-0.25, -0.2) is 0 Å². The lowest BCUT2D eigenvalue weighted by molar-refractivity contribution is 0.418. The van der Waals surface area contributed by atoms with Gasteiger partial charge >= 0.3 is 0 Å². The lowest BCUT2D eigenvalue weighted by atomic mass is 9.74. The highest BCUT2D eigenvalue weighted by atomic mass is 16.5. The van der Waals surface area contributed by atoms with E-state index in [9.17, 15) is 0 Å². The second kappa shape index (κ2) is 13.3. The van der Waals surface area contributed by atoms with Crippen molar-refractivity contribution in [1.82, 2.24) is 4.98 Å². The number of benzene rings is 8. The first-order valence-electron chi connectivity index (χ1n) is 21.9. The fourth-order valence-electron chi connectivity index (χ4n) is 10.2. The molecule has 0 fully saturated rings. The smallest absolute Gasteiger partial charge is 0.135 e. The van der Waals surface area contributed by atoms with Gasteiger partial charge < -0.3 is 18.3 Å². The van der Waals surface area contributed by atoms with E-state index in [4.69, 9.17) is 23.3 Å². The van der Waals surface area contributed by atoms with E-state index in [2.05, 4.69) is 173 Å². The molecule has 13 rings (SSSR count). The number of furan rings is 2. The van der Waals surface area contributed by atoms with Crippen molar-refractivity contribution >= 4 is 43.9 Å². The molecule has 306 valence electrons. The van der Waals surface area contributed by atoms with Gasteiger partial charge in [-0.1, -0.05) is 100 Å². The van der Waals surface area contributed by atoms with E-state index in [1.165, 1.54) is 0 Å². The molecule has 8 aromatic carbocycles. The van der Waals surface area contributed by atoms with Crippen molar-refractivity contribution < 1.29 is 18.3 Å². The van der Waals surface area contributed by atoms with E-state index in [1.807, 2.05) is 30.5 Å². The van der Waals surface area contributed by atoms with Crippen LogP contribution in [0.1, 0.15) is 49.9 Å². The van der Waals surface area contributed by atoms with E-state index in [0.29, 0.717) is 0 Å². The molecular weight excluding hydrogens is 787 g/mol. The largest absolute Gasteiger partial charge is 0.457 e. The average Bonchev–Trinajstić information content (AvgIpc) is 3.89. The van der Waals surface area contributed by atoms with E-state index in [-0.39, 0.29) is 10.8 Å². The first kappa shape index (κ1) is 36.7. The maximum absolute atomic E-state index is 6.58. The van der Waals surface area contributed by atoms with Crippen molar-refractivity contribution in [3.8, 4) is 67.6 Å². The molecule has 0 saturated carbocycles. The van der Waals surface area contributed by atoms with E-state index >= 15 is 0 Å². The van der Waals surface area contributed by atoms with Gasteiger partial charge in [-0.05, 0) is 125 Å². The second-order valence-electron chi connectivity index (χ2n) is 18.3. The Balaban J connectivity index is 0.787. The molecule has 0 bridgehead atoms. The van der Waals surface area contributed by atoms with Gasteiger partial charge in [0.15, 0.2) is 0 Å². The van der Waals surface area contributed by atoms with Gasteiger partial charge in [0.1, 0.15) is 45.3 Å². The van der Waals surface area contributed by atoms with Crippen LogP contribution in [0.25, 0.3) is 88.5 Å². The molecule has 0 atom stereocenters. The molecular formula is C59H41NO4. The van der Waals surface area contributed by atoms with Crippen LogP contribution in [-0.4, -0.2) is 4.98 Å². The summed E-state index contributed by atoms with van der Waals surface area (Å²) in [5, 5.41) is 4.49. The number of hydrogen-bond acceptors (Lipinski definition) is 5. The molecule has 3 aromatic heterocycles. The third kappa shape index (κ3) is 5.53. The summed E-state index contributed by atoms with van der Waals surface area (Å²) in [5.74, 6) is 3.52. The predicted octanol–water partition coefficient (Wildman–Crippen LogP) is 16.4. The zero-order chi connectivity index (χ0) is 42.9. The molecule has 0 unspecified atom stereocenters. The number of fused-ring (bicyclic) bond motifs is 10. The Hall–Kier alpha value is -7.89. The van der Waals surface area contributed by atoms with Crippen LogP contribution < -0.4 is 9.47 Å². The fourth-order valence-corrected chi connectivity index (χ4v) is 10.2. The number of ether oxygens (including phenoxy) is 2. The molecule has 0 spiro atoms. The number of hydrogen-bond donors (Lipinski definition) is 0. The van der Waals surface area contributed by atoms with Crippen molar-refractivity contribution in [2.45, 2.75) is 38.5 Å². The minimum Gasteiger partial charge on any atom is -0.457 e. The summed E-state index contributed by atoms with van der Waals surface area (Å²) in [4.78, 5) is 5.04. The van der Waals surface area contributed by atoms with Crippen LogP contribution in [0, 0.1) is 0 Å². The Labute approximate surface area is 370 Å². The maximum Gasteiger partial charge on any atom is 0.135 e. The topological polar surface area (TPSA) is 57.6 Å². The SMILES string of the molecule is CC1(C)c2cc(-c3ccc(-c4ccc5c(c4)C(C)(C)c4cc(-c6ccc7oc8ccccc8c7c6)ccc4O5)nc3)ccc2Oc2ccc(-c3ccc4oc5ccccc5c4c3)cc21. The molecule has 0 radical (unpaired) electrons. The second-order valence-corrected chi connectivity index (χ2v) is 18.3. The van der Waals surface area contributed by atoms with Gasteiger partial charge in [0.25, 0.3) is 0 Å². The summed E-state index contributed by atoms with van der Waals surface area (Å²) in [6.45, 7) is 9.15. The Morgan fingerprint density at radius 1 is 0.328 bits per heavy atom. The van der Waals surface area contributed by atoms with Gasteiger partial charge in [0, 0.05) is 72.0 Å². The third-order valence-electron chi connectivity index (χ3n) is 13.9. The summed E-state index contributed by atoms with van der Waals surface area (Å²) < 4.78 is 25.4. The quantitative estimate of drug-likeness (QED) is 0.177. The maximum atomic E-state index is 6.58. The summed E-state index contributed by atoms with van der Waals surface area (Å²) in [6.07, 6.45) is 1.98. The van der Waals surface area contributed by atoms with Gasteiger partial charge in [0.05, 0.1) is 5.69 Å². The van der Waals surface area contributed by atoms with Crippen molar-refractivity contribution in [3.63, 3.8) is 0 Å². The number of para-hydroxylation sites is 2. The first-order valence-corrected chi connectivity index (χ1v) is 21.9. The molecule has 5 heteroatoms. The zero-order valence-corrected chi connectivity index (χ0v) is 35.8. The van der Waals surface area contributed by atoms with Gasteiger partial charge in [-0.15, -0.1) is 0 Å². The third-order valence-corrected chi connectivity index (χ3v) is 13.9. The number of aromatic nitrogens is 1. The Morgan fingerprint density at radius 2 is 0.688 bits per heavy atom. The van der Waals surface area contributed by atoms with Crippen LogP contribution in [0.3, 0.4) is 0 Å². The molecule has 2 aliphatic rings. The number of pyridine rings is 1. The molecule has 0 amide bonds. The molecule has 0 saturated heterocycles. The van der Waals surface area contributed by atoms with Gasteiger partial charge in [-0.2, -0.15) is 0 Å². The predicted molar refractivity (Wildman–Crippen MR) is 258 cm³/mol. The van der Waals surface area contributed by atoms with Crippen LogP contribution in [0.15, 0.2) is 185 Å². The summed E-state index contributed by atoms with van der Waals surface area (Å²) in [5.41, 5.74) is 16.2. The molecule has 0 aliphatic carbocycles. The van der Waals surface area contributed by atoms with Crippen LogP contribution in [0.2, 0.25) is 0 Å². The highest BCUT2D eigenvalue weighted by Crippen LogP contribution is 2.52. The molecule has 0 N–H and O–H groups in total. The lowest BCUT2D eigenvalue weighted by Gasteiger charge is -2.35. The minimum atomic E-state index is -0.318. The monoisotopic (exact) mass is 827 g/mol. The van der Waals surface area contributed by atoms with Crippen molar-refractivity contribution in [1.29, 1.82) is 0 Å². The van der Waals surface area contributed by atoms with Crippen molar-refractivity contribution in [2.24, 2.45) is 0 Å². The van der Waals surface area contributed by atoms with Crippen molar-refractivity contribution in [2.75, 3.05) is 0 Å². The van der Waals surface area contributed by atoms with Crippen LogP contribution >= 0.6 is 0 Å². The highest BCUT2D eigenvalue weighted by molar-refractivity contribution is 6.07. The van der Waals surface area contributed by atoms with Gasteiger partial charge in [0.2, 0.25) is 0 Å². The Morgan fingerprint density at radius 3 is 1.14 bits per heavy atom. The Kier molecular flexibility index (Phi) is 7.64. The lowest BCUT2D eigenvalue weighted by Crippen LogP contribution is -2.24. The number of rotatable bonds is 4. The molecule has 11 aromatic rings. The van der Waals surface area contributed by atoms with Gasteiger partial charge in [-0.3, -0.25) is 4.98 Å². The Bertz CT molecular complexity index is 3490. The summed E-state index contributed by atoms with van der Waals surface area (Å²) >= 11 is 0. The molecule has 5 nitrogen and oxygen atoms in total. The summed E-state index contributed by atoms with van der Waals surface area (Å²) in [7, 11) is 0. The number of nitrogens with zero attached hydrogens (tertiary/aromatic N) is 1. The van der Waals surface area contributed by atoms with Crippen LogP contribution in [-0.2, 0) is 10.8 Å². The molecule has 5 heterocycles. The standard InChI is InChI=1S/C59H41NO4/c1-58(2)45-29-36(34-14-21-52-43(27-34)41-9-5-7-11-50(41)61-52)16-23-54(45)63-56-25-18-38(31-47(56)58)40-13-20-49(60-33-40)39-19-26-57-48(32-39)59(3,4)46-30-37(17-24-55(46)64-57)35-15-22-53-44(28-35)42-10-6-8-12-51(42)62-53/h5-33H,1-4H3. The molecule has 64 heavy (non-hydrogen) atoms. The molecule has 2 aliphatic heterocycles. The zero-order valence-electron chi connectivity index (χ0n) is 35.8. The van der Waals surface area contributed by atoms with Crippen LogP contribution in [0.4, 0.5) is 0 Å². The van der Waals surface area contributed by atoms with Crippen LogP contribution in [0.5, 0.6) is 23.0 Å². The summed E-state index contributed by atoms with van der Waals surface area (Å²) in [6, 6.07) is 59.7. The van der Waals surface area contributed by atoms with Crippen molar-refractivity contribution in [3.05, 3.63) is 198 Å². The van der Waals surface area contributed by atoms with E-state index < -0.39 is 0 Å². The fraction of sp³-hybridized carbons (Fsp3) is 0.102.